The Kier molecular flexibility index (Phi) is 6.26. The molecule has 2 aliphatic rings. The number of rotatable bonds is 5. The Balaban J connectivity index is 1.92. The first-order chi connectivity index (χ1) is 10.4. The maximum absolute atomic E-state index is 12.5. The fourth-order valence-corrected chi connectivity index (χ4v) is 5.22. The maximum atomic E-state index is 12.5. The molecule has 0 bridgehead atoms. The fraction of sp³-hybridized carbons (Fsp3) is 0.938. The molecular weight excluding hydrogens is 300 g/mol. The molecule has 0 spiro atoms. The summed E-state index contributed by atoms with van der Waals surface area (Å²) in [4.78, 5) is 12.5. The number of nitrogens with zero attached hydrogens (tertiary/aromatic N) is 1. The summed E-state index contributed by atoms with van der Waals surface area (Å²) < 4.78 is 25.9. The van der Waals surface area contributed by atoms with Gasteiger partial charge in [0.15, 0.2) is 0 Å². The van der Waals surface area contributed by atoms with Crippen LogP contribution in [0.3, 0.4) is 0 Å². The average molecular weight is 330 g/mol. The lowest BCUT2D eigenvalue weighted by Crippen LogP contribution is -2.49. The van der Waals surface area contributed by atoms with Gasteiger partial charge in [0, 0.05) is 19.1 Å². The predicted octanol–water partition coefficient (Wildman–Crippen LogP) is 2.13. The fourth-order valence-electron chi connectivity index (χ4n) is 3.63. The number of hydrogen-bond donors (Lipinski definition) is 1. The summed E-state index contributed by atoms with van der Waals surface area (Å²) in [7, 11) is -3.19. The van der Waals surface area contributed by atoms with Gasteiger partial charge in [0.2, 0.25) is 15.9 Å². The summed E-state index contributed by atoms with van der Waals surface area (Å²) in [5, 5.41) is 3.18. The average Bonchev–Trinajstić information content (AvgIpc) is 2.49. The van der Waals surface area contributed by atoms with E-state index in [2.05, 4.69) is 12.2 Å². The van der Waals surface area contributed by atoms with Crippen LogP contribution in [0, 0.1) is 11.8 Å². The highest BCUT2D eigenvalue weighted by atomic mass is 32.2. The molecule has 1 saturated heterocycles. The summed E-state index contributed by atoms with van der Waals surface area (Å²) in [5.74, 6) is 0.576. The normalized spacial score (nSPS) is 30.9. The second kappa shape index (κ2) is 7.77. The zero-order chi connectivity index (χ0) is 16.2. The van der Waals surface area contributed by atoms with Crippen molar-refractivity contribution >= 4 is 15.9 Å². The van der Waals surface area contributed by atoms with Crippen LogP contribution < -0.4 is 5.32 Å². The van der Waals surface area contributed by atoms with Crippen molar-refractivity contribution in [3.05, 3.63) is 0 Å². The number of nitrogens with one attached hydrogen (secondary N) is 1. The van der Waals surface area contributed by atoms with Gasteiger partial charge in [0.05, 0.1) is 11.7 Å². The van der Waals surface area contributed by atoms with Crippen LogP contribution in [0.4, 0.5) is 0 Å². The van der Waals surface area contributed by atoms with Gasteiger partial charge in [-0.1, -0.05) is 26.7 Å². The van der Waals surface area contributed by atoms with Crippen molar-refractivity contribution in [2.24, 2.45) is 11.8 Å². The minimum absolute atomic E-state index is 0.0511. The van der Waals surface area contributed by atoms with Crippen LogP contribution in [0.15, 0.2) is 0 Å². The van der Waals surface area contributed by atoms with Crippen LogP contribution in [0.2, 0.25) is 0 Å². The van der Waals surface area contributed by atoms with E-state index in [1.54, 1.807) is 0 Å². The number of hydrogen-bond acceptors (Lipinski definition) is 3. The Morgan fingerprint density at radius 3 is 2.59 bits per heavy atom. The summed E-state index contributed by atoms with van der Waals surface area (Å²) in [6.45, 7) is 4.99. The monoisotopic (exact) mass is 330 g/mol. The van der Waals surface area contributed by atoms with Gasteiger partial charge in [-0.2, -0.15) is 0 Å². The predicted molar refractivity (Wildman–Crippen MR) is 87.9 cm³/mol. The van der Waals surface area contributed by atoms with Crippen molar-refractivity contribution in [1.82, 2.24) is 9.62 Å². The summed E-state index contributed by atoms with van der Waals surface area (Å²) in [6.07, 6.45) is 6.85. The Morgan fingerprint density at radius 1 is 1.18 bits per heavy atom. The topological polar surface area (TPSA) is 66.5 Å². The Hall–Kier alpha value is -0.620. The first-order valence-corrected chi connectivity index (χ1v) is 10.3. The van der Waals surface area contributed by atoms with Crippen molar-refractivity contribution in [2.75, 3.05) is 18.8 Å². The van der Waals surface area contributed by atoms with Crippen LogP contribution in [-0.2, 0) is 14.8 Å². The highest BCUT2D eigenvalue weighted by Crippen LogP contribution is 2.25. The third kappa shape index (κ3) is 4.44. The van der Waals surface area contributed by atoms with E-state index in [0.717, 1.165) is 19.3 Å². The third-order valence-corrected chi connectivity index (χ3v) is 7.09. The Morgan fingerprint density at radius 2 is 1.91 bits per heavy atom. The van der Waals surface area contributed by atoms with E-state index in [1.165, 1.54) is 23.6 Å². The molecule has 1 heterocycles. The van der Waals surface area contributed by atoms with Crippen LogP contribution in [-0.4, -0.2) is 43.5 Å². The van der Waals surface area contributed by atoms with E-state index in [0.29, 0.717) is 25.4 Å². The number of carbonyl (C=O) groups is 1. The van der Waals surface area contributed by atoms with Crippen LogP contribution in [0.5, 0.6) is 0 Å². The lowest BCUT2D eigenvalue weighted by Gasteiger charge is -2.34. The van der Waals surface area contributed by atoms with E-state index >= 15 is 0 Å². The van der Waals surface area contributed by atoms with Crippen molar-refractivity contribution in [3.8, 4) is 0 Å². The van der Waals surface area contributed by atoms with Gasteiger partial charge in [-0.15, -0.1) is 0 Å². The van der Waals surface area contributed by atoms with Gasteiger partial charge < -0.3 is 5.32 Å². The smallest absolute Gasteiger partial charge is 0.224 e. The lowest BCUT2D eigenvalue weighted by molar-refractivity contribution is -0.127. The number of piperidine rings is 1. The molecule has 1 amide bonds. The van der Waals surface area contributed by atoms with Gasteiger partial charge in [-0.05, 0) is 38.0 Å². The molecule has 3 unspecified atom stereocenters. The molecule has 2 rings (SSSR count). The zero-order valence-corrected chi connectivity index (χ0v) is 14.7. The SMILES string of the molecule is CCCS(=O)(=O)N1CCCC(C(=O)NC2CCCCC2C)C1. The second-order valence-electron chi connectivity index (χ2n) is 6.89. The van der Waals surface area contributed by atoms with Gasteiger partial charge >= 0.3 is 0 Å². The molecule has 2 fully saturated rings. The summed E-state index contributed by atoms with van der Waals surface area (Å²) in [6, 6.07) is 0.267. The highest BCUT2D eigenvalue weighted by Gasteiger charge is 2.33. The van der Waals surface area contributed by atoms with Crippen molar-refractivity contribution in [3.63, 3.8) is 0 Å². The summed E-state index contributed by atoms with van der Waals surface area (Å²) >= 11 is 0. The minimum atomic E-state index is -3.19. The van der Waals surface area contributed by atoms with Gasteiger partial charge in [-0.3, -0.25) is 4.79 Å². The lowest BCUT2D eigenvalue weighted by atomic mass is 9.85. The van der Waals surface area contributed by atoms with Gasteiger partial charge in [-0.25, -0.2) is 12.7 Å². The highest BCUT2D eigenvalue weighted by molar-refractivity contribution is 7.89. The van der Waals surface area contributed by atoms with Crippen molar-refractivity contribution in [2.45, 2.75) is 64.8 Å². The van der Waals surface area contributed by atoms with Crippen LogP contribution in [0.25, 0.3) is 0 Å². The van der Waals surface area contributed by atoms with Crippen molar-refractivity contribution < 1.29 is 13.2 Å². The van der Waals surface area contributed by atoms with E-state index in [1.807, 2.05) is 6.92 Å². The molecule has 1 aliphatic heterocycles. The molecule has 1 saturated carbocycles. The van der Waals surface area contributed by atoms with Crippen LogP contribution >= 0.6 is 0 Å². The molecule has 3 atom stereocenters. The largest absolute Gasteiger partial charge is 0.353 e. The number of carbonyl (C=O) groups excluding carboxylic acids is 1. The first-order valence-electron chi connectivity index (χ1n) is 8.72. The molecule has 0 radical (unpaired) electrons. The van der Waals surface area contributed by atoms with Crippen molar-refractivity contribution in [1.29, 1.82) is 0 Å². The quantitative estimate of drug-likeness (QED) is 0.840. The van der Waals surface area contributed by atoms with E-state index in [-0.39, 0.29) is 23.6 Å². The van der Waals surface area contributed by atoms with Gasteiger partial charge in [0.25, 0.3) is 0 Å². The maximum Gasteiger partial charge on any atom is 0.224 e. The molecular formula is C16H30N2O3S. The van der Waals surface area contributed by atoms with E-state index < -0.39 is 10.0 Å². The molecule has 128 valence electrons. The molecule has 0 aromatic heterocycles. The first kappa shape index (κ1) is 17.7. The molecule has 0 aromatic carbocycles. The molecule has 1 aliphatic carbocycles. The Bertz CT molecular complexity index is 478. The van der Waals surface area contributed by atoms with Crippen LogP contribution in [0.1, 0.15) is 58.8 Å². The standard InChI is InChI=1S/C16H30N2O3S/c1-3-11-22(20,21)18-10-6-8-14(12-18)16(19)17-15-9-5-4-7-13(15)2/h13-15H,3-12H2,1-2H3,(H,17,19). The molecule has 0 aromatic rings. The van der Waals surface area contributed by atoms with E-state index in [4.69, 9.17) is 0 Å². The minimum Gasteiger partial charge on any atom is -0.353 e. The third-order valence-electron chi connectivity index (χ3n) is 5.05. The number of sulfonamides is 1. The van der Waals surface area contributed by atoms with Gasteiger partial charge in [0.1, 0.15) is 0 Å². The second-order valence-corrected chi connectivity index (χ2v) is 8.98. The molecule has 22 heavy (non-hydrogen) atoms. The Labute approximate surface area is 134 Å². The number of amides is 1. The molecule has 6 heteroatoms. The zero-order valence-electron chi connectivity index (χ0n) is 13.9. The molecule has 1 N–H and O–H groups in total. The van der Waals surface area contributed by atoms with E-state index in [9.17, 15) is 13.2 Å². The molecule has 5 nitrogen and oxygen atoms in total. The summed E-state index contributed by atoms with van der Waals surface area (Å²) in [5.41, 5.74) is 0.